The van der Waals surface area contributed by atoms with E-state index in [4.69, 9.17) is 16.3 Å². The number of hydrogen-bond donors (Lipinski definition) is 0. The van der Waals surface area contributed by atoms with Crippen LogP contribution in [0.1, 0.15) is 52.6 Å². The molecule has 0 aromatic carbocycles. The highest BCUT2D eigenvalue weighted by molar-refractivity contribution is 6.33. The molecule has 5 nitrogen and oxygen atoms in total. The fraction of sp³-hybridized carbons (Fsp3) is 0.350. The molecule has 3 aromatic heterocycles. The van der Waals surface area contributed by atoms with Crippen molar-refractivity contribution < 1.29 is 18.3 Å². The summed E-state index contributed by atoms with van der Waals surface area (Å²) in [5.41, 5.74) is 1.87. The maximum absolute atomic E-state index is 12.8. The van der Waals surface area contributed by atoms with Gasteiger partial charge in [0.05, 0.1) is 10.7 Å². The number of ether oxygens (including phenoxy) is 1. The summed E-state index contributed by atoms with van der Waals surface area (Å²) in [6, 6.07) is 5.74. The summed E-state index contributed by atoms with van der Waals surface area (Å²) in [4.78, 5) is 20.9. The minimum absolute atomic E-state index is 0.0140. The lowest BCUT2D eigenvalue weighted by molar-refractivity contribution is 0.0846. The van der Waals surface area contributed by atoms with Crippen LogP contribution in [0.2, 0.25) is 5.02 Å². The van der Waals surface area contributed by atoms with Gasteiger partial charge in [0, 0.05) is 37.9 Å². The molecule has 0 atom stereocenters. The van der Waals surface area contributed by atoms with Crippen LogP contribution in [0.25, 0.3) is 5.65 Å². The molecular formula is C20H18ClF2N3O2. The highest BCUT2D eigenvalue weighted by atomic mass is 35.5. The monoisotopic (exact) mass is 405 g/mol. The van der Waals surface area contributed by atoms with Crippen LogP contribution in [-0.4, -0.2) is 33.4 Å². The van der Waals surface area contributed by atoms with E-state index in [0.29, 0.717) is 22.2 Å². The molecule has 0 saturated carbocycles. The number of Topliss-reactive ketones (excluding diaryl/α,β-unsaturated/α-hetero) is 1. The van der Waals surface area contributed by atoms with Crippen molar-refractivity contribution in [1.82, 2.24) is 14.4 Å². The zero-order valence-electron chi connectivity index (χ0n) is 14.9. The van der Waals surface area contributed by atoms with Crippen LogP contribution < -0.4 is 0 Å². The molecule has 0 N–H and O–H groups in total. The summed E-state index contributed by atoms with van der Waals surface area (Å²) >= 11 is 6.38. The number of fused-ring (bicyclic) bond motifs is 1. The second-order valence-electron chi connectivity index (χ2n) is 6.83. The second-order valence-corrected chi connectivity index (χ2v) is 7.24. The molecule has 0 radical (unpaired) electrons. The Morgan fingerprint density at radius 1 is 1.25 bits per heavy atom. The minimum Gasteiger partial charge on any atom is -0.381 e. The van der Waals surface area contributed by atoms with Gasteiger partial charge in [0.15, 0.2) is 11.4 Å². The molecular weight excluding hydrogens is 388 g/mol. The smallest absolute Gasteiger partial charge is 0.280 e. The van der Waals surface area contributed by atoms with Gasteiger partial charge in [-0.15, -0.1) is 0 Å². The number of ketones is 1. The Morgan fingerprint density at radius 2 is 2.04 bits per heavy atom. The number of hydrogen-bond acceptors (Lipinski definition) is 4. The van der Waals surface area contributed by atoms with Crippen molar-refractivity contribution in [1.29, 1.82) is 0 Å². The Hall–Kier alpha value is -2.38. The molecule has 146 valence electrons. The molecule has 1 aliphatic heterocycles. The first-order valence-corrected chi connectivity index (χ1v) is 9.42. The van der Waals surface area contributed by atoms with Gasteiger partial charge in [-0.3, -0.25) is 4.79 Å². The van der Waals surface area contributed by atoms with E-state index < -0.39 is 12.1 Å². The van der Waals surface area contributed by atoms with Crippen molar-refractivity contribution in [2.45, 2.75) is 31.6 Å². The number of nitrogens with zero attached hydrogens (tertiary/aromatic N) is 3. The third-order valence-corrected chi connectivity index (χ3v) is 5.14. The fourth-order valence-electron chi connectivity index (χ4n) is 3.42. The Kier molecular flexibility index (Phi) is 5.37. The van der Waals surface area contributed by atoms with Crippen LogP contribution in [-0.2, 0) is 11.2 Å². The van der Waals surface area contributed by atoms with Crippen LogP contribution >= 0.6 is 11.6 Å². The quantitative estimate of drug-likeness (QED) is 0.580. The number of carbonyl (C=O) groups is 1. The summed E-state index contributed by atoms with van der Waals surface area (Å²) in [6.45, 7) is 1.44. The summed E-state index contributed by atoms with van der Waals surface area (Å²) in [5, 5.41) is 0.442. The van der Waals surface area contributed by atoms with Gasteiger partial charge in [-0.2, -0.15) is 0 Å². The summed E-state index contributed by atoms with van der Waals surface area (Å²) < 4.78 is 32.8. The number of carbonyl (C=O) groups excluding carboxylic acids is 1. The first kappa shape index (κ1) is 19.0. The fourth-order valence-corrected chi connectivity index (χ4v) is 3.70. The van der Waals surface area contributed by atoms with Gasteiger partial charge in [-0.05, 0) is 36.6 Å². The van der Waals surface area contributed by atoms with Crippen molar-refractivity contribution in [2.24, 2.45) is 0 Å². The van der Waals surface area contributed by atoms with Crippen molar-refractivity contribution in [3.63, 3.8) is 0 Å². The molecule has 3 aromatic rings. The van der Waals surface area contributed by atoms with Gasteiger partial charge in [-0.1, -0.05) is 17.7 Å². The number of rotatable bonds is 5. The summed E-state index contributed by atoms with van der Waals surface area (Å²) in [7, 11) is 0. The SMILES string of the molecule is O=C(Cc1cc(Cl)c2nc(C3CCOCC3)cn2c1)c1cccc(C(F)F)n1. The Balaban J connectivity index is 1.58. The molecule has 0 bridgehead atoms. The number of imidazole rings is 1. The minimum atomic E-state index is -2.71. The van der Waals surface area contributed by atoms with Gasteiger partial charge in [0.1, 0.15) is 11.4 Å². The standard InChI is InChI=1S/C20H18ClF2N3O2/c21-14-8-12(9-18(27)15-2-1-3-16(24-15)19(22)23)10-26-11-17(25-20(14)26)13-4-6-28-7-5-13/h1-3,8,10-11,13,19H,4-7,9H2. The van der Waals surface area contributed by atoms with E-state index >= 15 is 0 Å². The van der Waals surface area contributed by atoms with Crippen LogP contribution in [0.15, 0.2) is 36.7 Å². The van der Waals surface area contributed by atoms with Crippen molar-refractivity contribution >= 4 is 23.0 Å². The maximum atomic E-state index is 12.8. The van der Waals surface area contributed by atoms with E-state index in [1.807, 2.05) is 10.6 Å². The van der Waals surface area contributed by atoms with Crippen LogP contribution in [0.4, 0.5) is 8.78 Å². The van der Waals surface area contributed by atoms with Gasteiger partial charge in [0.2, 0.25) is 0 Å². The van der Waals surface area contributed by atoms with E-state index in [9.17, 15) is 13.6 Å². The molecule has 28 heavy (non-hydrogen) atoms. The van der Waals surface area contributed by atoms with E-state index in [0.717, 1.165) is 31.7 Å². The molecule has 4 heterocycles. The number of pyridine rings is 2. The highest BCUT2D eigenvalue weighted by Crippen LogP contribution is 2.28. The number of halogens is 3. The largest absolute Gasteiger partial charge is 0.381 e. The lowest BCUT2D eigenvalue weighted by Gasteiger charge is -2.19. The van der Waals surface area contributed by atoms with Crippen LogP contribution in [0, 0.1) is 0 Å². The van der Waals surface area contributed by atoms with E-state index in [1.165, 1.54) is 18.2 Å². The average molecular weight is 406 g/mol. The van der Waals surface area contributed by atoms with Crippen molar-refractivity contribution in [3.05, 3.63) is 64.3 Å². The topological polar surface area (TPSA) is 56.5 Å². The van der Waals surface area contributed by atoms with Crippen molar-refractivity contribution in [2.75, 3.05) is 13.2 Å². The molecule has 0 unspecified atom stereocenters. The Bertz CT molecular complexity index is 1020. The number of aromatic nitrogens is 3. The predicted octanol–water partition coefficient (Wildman–Crippen LogP) is 4.64. The zero-order chi connectivity index (χ0) is 19.7. The second kappa shape index (κ2) is 7.93. The van der Waals surface area contributed by atoms with Crippen LogP contribution in [0.3, 0.4) is 0 Å². The lowest BCUT2D eigenvalue weighted by atomic mass is 9.97. The van der Waals surface area contributed by atoms with Gasteiger partial charge >= 0.3 is 0 Å². The van der Waals surface area contributed by atoms with Gasteiger partial charge in [0.25, 0.3) is 6.43 Å². The normalized spacial score (nSPS) is 15.4. The molecule has 1 aliphatic rings. The Labute approximate surface area is 165 Å². The lowest BCUT2D eigenvalue weighted by Crippen LogP contribution is -2.14. The highest BCUT2D eigenvalue weighted by Gasteiger charge is 2.20. The van der Waals surface area contributed by atoms with Crippen LogP contribution in [0.5, 0.6) is 0 Å². The molecule has 0 aliphatic carbocycles. The van der Waals surface area contributed by atoms with E-state index in [-0.39, 0.29) is 17.9 Å². The molecule has 1 saturated heterocycles. The van der Waals surface area contributed by atoms with Gasteiger partial charge in [-0.25, -0.2) is 18.7 Å². The molecule has 0 amide bonds. The van der Waals surface area contributed by atoms with E-state index in [1.54, 1.807) is 12.3 Å². The summed E-state index contributed by atoms with van der Waals surface area (Å²) in [5.74, 6) is -0.0150. The third kappa shape index (κ3) is 3.91. The first-order chi connectivity index (χ1) is 13.5. The summed E-state index contributed by atoms with van der Waals surface area (Å²) in [6.07, 6.45) is 2.86. The molecule has 4 rings (SSSR count). The molecule has 8 heteroatoms. The third-order valence-electron chi connectivity index (χ3n) is 4.87. The zero-order valence-corrected chi connectivity index (χ0v) is 15.7. The first-order valence-electron chi connectivity index (χ1n) is 9.04. The number of alkyl halides is 2. The molecule has 0 spiro atoms. The molecule has 1 fully saturated rings. The Morgan fingerprint density at radius 3 is 2.79 bits per heavy atom. The average Bonchev–Trinajstić information content (AvgIpc) is 3.13. The van der Waals surface area contributed by atoms with Crippen molar-refractivity contribution in [3.8, 4) is 0 Å². The maximum Gasteiger partial charge on any atom is 0.280 e. The predicted molar refractivity (Wildman–Crippen MR) is 100 cm³/mol. The van der Waals surface area contributed by atoms with E-state index in [2.05, 4.69) is 9.97 Å². The van der Waals surface area contributed by atoms with Gasteiger partial charge < -0.3 is 9.14 Å².